The number of piperidine rings is 1. The highest BCUT2D eigenvalue weighted by atomic mass is 16.5. The van der Waals surface area contributed by atoms with Crippen molar-refractivity contribution < 1.29 is 28.9 Å². The van der Waals surface area contributed by atoms with Crippen LogP contribution in [0.4, 0.5) is 0 Å². The summed E-state index contributed by atoms with van der Waals surface area (Å²) in [4.78, 5) is 25.3. The van der Waals surface area contributed by atoms with Crippen molar-refractivity contribution in [1.29, 1.82) is 0 Å². The zero-order valence-corrected chi connectivity index (χ0v) is 16.6. The van der Waals surface area contributed by atoms with Crippen molar-refractivity contribution in [2.45, 2.75) is 25.4 Å². The highest BCUT2D eigenvalue weighted by Gasteiger charge is 2.26. The molecular weight excluding hydrogens is 374 g/mol. The highest BCUT2D eigenvalue weighted by molar-refractivity contribution is 5.87. The van der Waals surface area contributed by atoms with Crippen LogP contribution in [0.25, 0.3) is 0 Å². The van der Waals surface area contributed by atoms with Crippen molar-refractivity contribution >= 4 is 11.9 Å². The molecule has 0 aliphatic carbocycles. The molecule has 2 aromatic rings. The van der Waals surface area contributed by atoms with Crippen LogP contribution >= 0.6 is 0 Å². The molecule has 1 aliphatic heterocycles. The lowest BCUT2D eigenvalue weighted by molar-refractivity contribution is -0.132. The Morgan fingerprint density at radius 2 is 1.59 bits per heavy atom. The van der Waals surface area contributed by atoms with E-state index in [2.05, 4.69) is 0 Å². The summed E-state index contributed by atoms with van der Waals surface area (Å²) in [7, 11) is 3.18. The highest BCUT2D eigenvalue weighted by Crippen LogP contribution is 2.38. The smallest absolute Gasteiger partial charge is 0.335 e. The molecule has 1 N–H and O–H groups in total. The Balaban J connectivity index is 1.55. The van der Waals surface area contributed by atoms with Crippen LogP contribution < -0.4 is 14.2 Å². The summed E-state index contributed by atoms with van der Waals surface area (Å²) >= 11 is 0. The lowest BCUT2D eigenvalue weighted by Crippen LogP contribution is -2.42. The van der Waals surface area contributed by atoms with Crippen LogP contribution in [0.2, 0.25) is 0 Å². The van der Waals surface area contributed by atoms with Gasteiger partial charge in [-0.1, -0.05) is 18.2 Å². The number of nitrogens with zero attached hydrogens (tertiary/aromatic N) is 1. The van der Waals surface area contributed by atoms with Crippen LogP contribution in [0.3, 0.4) is 0 Å². The van der Waals surface area contributed by atoms with Gasteiger partial charge in [-0.25, -0.2) is 4.79 Å². The second-order valence-electron chi connectivity index (χ2n) is 6.87. The molecule has 3 rings (SSSR count). The van der Waals surface area contributed by atoms with Gasteiger partial charge in [-0.05, 0) is 29.8 Å². The summed E-state index contributed by atoms with van der Waals surface area (Å²) in [5, 5.41) is 8.96. The number of carboxylic acids is 1. The Morgan fingerprint density at radius 3 is 2.10 bits per heavy atom. The van der Waals surface area contributed by atoms with Gasteiger partial charge in [0.25, 0.3) is 0 Å². The largest absolute Gasteiger partial charge is 0.493 e. The lowest BCUT2D eigenvalue weighted by atomic mass is 10.0. The molecule has 0 saturated carbocycles. The quantitative estimate of drug-likeness (QED) is 0.770. The molecule has 0 spiro atoms. The number of methoxy groups -OCH3 is 2. The van der Waals surface area contributed by atoms with E-state index in [1.165, 1.54) is 12.1 Å². The number of hydrogen-bond acceptors (Lipinski definition) is 5. The average molecular weight is 399 g/mol. The summed E-state index contributed by atoms with van der Waals surface area (Å²) in [6.45, 7) is 1.21. The third-order valence-corrected chi connectivity index (χ3v) is 5.02. The number of benzene rings is 2. The zero-order valence-electron chi connectivity index (χ0n) is 16.6. The van der Waals surface area contributed by atoms with E-state index in [0.29, 0.717) is 43.2 Å². The molecule has 1 saturated heterocycles. The molecule has 0 atom stereocenters. The monoisotopic (exact) mass is 399 g/mol. The van der Waals surface area contributed by atoms with E-state index in [9.17, 15) is 9.59 Å². The predicted octanol–water partition coefficient (Wildman–Crippen LogP) is 3.01. The lowest BCUT2D eigenvalue weighted by Gasteiger charge is -2.32. The third-order valence-electron chi connectivity index (χ3n) is 5.02. The van der Waals surface area contributed by atoms with E-state index in [1.807, 2.05) is 23.1 Å². The summed E-state index contributed by atoms with van der Waals surface area (Å²) in [5.41, 5.74) is 1.02. The average Bonchev–Trinajstić information content (AvgIpc) is 2.74. The van der Waals surface area contributed by atoms with Gasteiger partial charge in [0.05, 0.1) is 26.2 Å². The van der Waals surface area contributed by atoms with Crippen molar-refractivity contribution in [1.82, 2.24) is 4.90 Å². The number of hydrogen-bond donors (Lipinski definition) is 1. The first-order valence-corrected chi connectivity index (χ1v) is 9.49. The van der Waals surface area contributed by atoms with Crippen LogP contribution in [0.1, 0.15) is 28.8 Å². The van der Waals surface area contributed by atoms with E-state index in [0.717, 1.165) is 5.56 Å². The second kappa shape index (κ2) is 9.32. The van der Waals surface area contributed by atoms with E-state index >= 15 is 0 Å². The minimum atomic E-state index is -0.975. The van der Waals surface area contributed by atoms with Gasteiger partial charge in [0.1, 0.15) is 6.10 Å². The van der Waals surface area contributed by atoms with Gasteiger partial charge in [-0.3, -0.25) is 4.79 Å². The molecule has 7 nitrogen and oxygen atoms in total. The van der Waals surface area contributed by atoms with Crippen LogP contribution in [0.5, 0.6) is 17.2 Å². The van der Waals surface area contributed by atoms with Crippen LogP contribution in [-0.2, 0) is 11.2 Å². The van der Waals surface area contributed by atoms with Crippen LogP contribution in [0.15, 0.2) is 42.5 Å². The Kier molecular flexibility index (Phi) is 6.59. The van der Waals surface area contributed by atoms with Gasteiger partial charge >= 0.3 is 5.97 Å². The number of rotatable bonds is 7. The molecule has 1 fully saturated rings. The normalized spacial score (nSPS) is 14.3. The standard InChI is InChI=1S/C22H25NO6/c1-27-18-4-3-5-19(28-2)21(18)29-17-10-12-23(13-11-17)20(24)14-15-6-8-16(9-7-15)22(25)26/h3-9,17H,10-14H2,1-2H3,(H,25,26). The van der Waals surface area contributed by atoms with Gasteiger partial charge < -0.3 is 24.2 Å². The maximum Gasteiger partial charge on any atom is 0.335 e. The summed E-state index contributed by atoms with van der Waals surface area (Å²) in [5.74, 6) is 0.874. The Hall–Kier alpha value is -3.22. The van der Waals surface area contributed by atoms with E-state index in [-0.39, 0.29) is 24.0 Å². The number of aromatic carboxylic acids is 1. The first-order valence-electron chi connectivity index (χ1n) is 9.49. The summed E-state index contributed by atoms with van der Waals surface area (Å²) < 4.78 is 16.9. The maximum absolute atomic E-state index is 12.6. The minimum absolute atomic E-state index is 0.0286. The number of carboxylic acid groups (broad SMARTS) is 1. The number of para-hydroxylation sites is 1. The van der Waals surface area contributed by atoms with Crippen molar-refractivity contribution in [3.05, 3.63) is 53.6 Å². The summed E-state index contributed by atoms with van der Waals surface area (Å²) in [6, 6.07) is 11.9. The fraction of sp³-hybridized carbons (Fsp3) is 0.364. The Bertz CT molecular complexity index is 834. The summed E-state index contributed by atoms with van der Waals surface area (Å²) in [6.07, 6.45) is 1.65. The zero-order chi connectivity index (χ0) is 20.8. The maximum atomic E-state index is 12.6. The molecular formula is C22H25NO6. The van der Waals surface area contributed by atoms with Gasteiger partial charge in [0.2, 0.25) is 11.7 Å². The fourth-order valence-electron chi connectivity index (χ4n) is 3.37. The van der Waals surface area contributed by atoms with Gasteiger partial charge in [-0.2, -0.15) is 0 Å². The minimum Gasteiger partial charge on any atom is -0.493 e. The fourth-order valence-corrected chi connectivity index (χ4v) is 3.37. The molecule has 154 valence electrons. The molecule has 0 unspecified atom stereocenters. The molecule has 0 aromatic heterocycles. The Labute approximate surface area is 169 Å². The van der Waals surface area contributed by atoms with Crippen molar-refractivity contribution in [2.24, 2.45) is 0 Å². The van der Waals surface area contributed by atoms with E-state index < -0.39 is 5.97 Å². The topological polar surface area (TPSA) is 85.3 Å². The van der Waals surface area contributed by atoms with Gasteiger partial charge in [0.15, 0.2) is 11.5 Å². The predicted molar refractivity (Wildman–Crippen MR) is 107 cm³/mol. The first-order chi connectivity index (χ1) is 14.0. The number of carbonyl (C=O) groups is 2. The number of ether oxygens (including phenoxy) is 3. The number of carbonyl (C=O) groups excluding carboxylic acids is 1. The molecule has 0 radical (unpaired) electrons. The molecule has 1 heterocycles. The molecule has 0 bridgehead atoms. The number of likely N-dealkylation sites (tertiary alicyclic amines) is 1. The van der Waals surface area contributed by atoms with E-state index in [4.69, 9.17) is 19.3 Å². The van der Waals surface area contributed by atoms with Crippen molar-refractivity contribution in [3.63, 3.8) is 0 Å². The van der Waals surface area contributed by atoms with Crippen molar-refractivity contribution in [3.8, 4) is 17.2 Å². The van der Waals surface area contributed by atoms with Crippen LogP contribution in [-0.4, -0.2) is 55.3 Å². The second-order valence-corrected chi connectivity index (χ2v) is 6.87. The SMILES string of the molecule is COc1cccc(OC)c1OC1CCN(C(=O)Cc2ccc(C(=O)O)cc2)CC1. The molecule has 29 heavy (non-hydrogen) atoms. The van der Waals surface area contributed by atoms with Crippen molar-refractivity contribution in [2.75, 3.05) is 27.3 Å². The molecule has 2 aromatic carbocycles. The third kappa shape index (κ3) is 4.99. The molecule has 7 heteroatoms. The molecule has 1 amide bonds. The first kappa shape index (κ1) is 20.5. The van der Waals surface area contributed by atoms with Crippen LogP contribution in [0, 0.1) is 0 Å². The van der Waals surface area contributed by atoms with Gasteiger partial charge in [-0.15, -0.1) is 0 Å². The Morgan fingerprint density at radius 1 is 1.00 bits per heavy atom. The molecule has 1 aliphatic rings. The van der Waals surface area contributed by atoms with Gasteiger partial charge in [0, 0.05) is 25.9 Å². The van der Waals surface area contributed by atoms with E-state index in [1.54, 1.807) is 26.4 Å². The number of amides is 1.